The number of amides is 1. The van der Waals surface area contributed by atoms with Gasteiger partial charge in [0.15, 0.2) is 0 Å². The molecule has 0 spiro atoms. The molecule has 0 saturated carbocycles. The number of halogens is 2. The first-order chi connectivity index (χ1) is 14.0. The Morgan fingerprint density at radius 2 is 1.72 bits per heavy atom. The van der Waals surface area contributed by atoms with Crippen LogP contribution in [-0.2, 0) is 17.9 Å². The number of carbonyl (C=O) groups is 1. The zero-order valence-electron chi connectivity index (χ0n) is 17.1. The molecule has 1 amide bonds. The third-order valence-electron chi connectivity index (χ3n) is 5.62. The molecule has 1 aliphatic rings. The predicted molar refractivity (Wildman–Crippen MR) is 110 cm³/mol. The number of likely N-dealkylation sites (N-methyl/N-ethyl adjacent to an activating group) is 1. The van der Waals surface area contributed by atoms with Crippen molar-refractivity contribution in [2.45, 2.75) is 45.4 Å². The van der Waals surface area contributed by atoms with Crippen LogP contribution in [0.15, 0.2) is 48.5 Å². The van der Waals surface area contributed by atoms with Crippen molar-refractivity contribution < 1.29 is 13.6 Å². The van der Waals surface area contributed by atoms with Gasteiger partial charge >= 0.3 is 0 Å². The Bertz CT molecular complexity index is 791. The Morgan fingerprint density at radius 3 is 2.34 bits per heavy atom. The second kappa shape index (κ2) is 9.94. The van der Waals surface area contributed by atoms with Gasteiger partial charge in [0.25, 0.3) is 0 Å². The lowest BCUT2D eigenvalue weighted by molar-refractivity contribution is -0.135. The highest BCUT2D eigenvalue weighted by Gasteiger charge is 2.38. The number of hydrogen-bond donors (Lipinski definition) is 1. The Hall–Kier alpha value is -2.31. The SMILES string of the molecule is CCN(CC)C(=O)[C@@H]1C[C@@H](NCc2c(F)cccc2F)CN1Cc1ccccc1. The molecule has 0 radical (unpaired) electrons. The second-order valence-electron chi connectivity index (χ2n) is 7.46. The fourth-order valence-corrected chi connectivity index (χ4v) is 3.99. The fraction of sp³-hybridized carbons (Fsp3) is 0.435. The highest BCUT2D eigenvalue weighted by molar-refractivity contribution is 5.82. The van der Waals surface area contributed by atoms with Crippen LogP contribution >= 0.6 is 0 Å². The number of benzene rings is 2. The highest BCUT2D eigenvalue weighted by Crippen LogP contribution is 2.23. The van der Waals surface area contributed by atoms with Crippen LogP contribution in [-0.4, -0.2) is 47.4 Å². The van der Waals surface area contributed by atoms with E-state index >= 15 is 0 Å². The molecule has 2 aromatic carbocycles. The minimum atomic E-state index is -0.549. The number of carbonyl (C=O) groups excluding carboxylic acids is 1. The molecule has 2 atom stereocenters. The number of nitrogens with zero attached hydrogens (tertiary/aromatic N) is 2. The van der Waals surface area contributed by atoms with Gasteiger partial charge in [-0.05, 0) is 38.0 Å². The third-order valence-corrected chi connectivity index (χ3v) is 5.62. The largest absolute Gasteiger partial charge is 0.342 e. The molecule has 4 nitrogen and oxygen atoms in total. The standard InChI is InChI=1S/C23H29F2N3O/c1-3-27(4-2)23(29)22-13-18(16-28(22)15-17-9-6-5-7-10-17)26-14-19-20(24)11-8-12-21(19)25/h5-12,18,22,26H,3-4,13-16H2,1-2H3/t18-,22+/m1/s1. The normalized spacial score (nSPS) is 19.4. The van der Waals surface area contributed by atoms with Gasteiger partial charge in [0, 0.05) is 44.3 Å². The molecule has 1 fully saturated rings. The van der Waals surface area contributed by atoms with E-state index in [1.807, 2.05) is 36.9 Å². The minimum Gasteiger partial charge on any atom is -0.342 e. The molecule has 156 valence electrons. The van der Waals surface area contributed by atoms with E-state index in [0.717, 1.165) is 5.56 Å². The predicted octanol–water partition coefficient (Wildman–Crippen LogP) is 3.57. The monoisotopic (exact) mass is 401 g/mol. The third kappa shape index (κ3) is 5.19. The van der Waals surface area contributed by atoms with Gasteiger partial charge in [-0.1, -0.05) is 36.4 Å². The van der Waals surface area contributed by atoms with Crippen LogP contribution in [0.2, 0.25) is 0 Å². The Morgan fingerprint density at radius 1 is 1.07 bits per heavy atom. The van der Waals surface area contributed by atoms with Crippen LogP contribution in [0.5, 0.6) is 0 Å². The van der Waals surface area contributed by atoms with Crippen molar-refractivity contribution in [1.82, 2.24) is 15.1 Å². The van der Waals surface area contributed by atoms with Gasteiger partial charge in [-0.2, -0.15) is 0 Å². The molecular weight excluding hydrogens is 372 g/mol. The van der Waals surface area contributed by atoms with Gasteiger partial charge in [-0.15, -0.1) is 0 Å². The molecule has 0 aromatic heterocycles. The first-order valence-electron chi connectivity index (χ1n) is 10.3. The van der Waals surface area contributed by atoms with Crippen molar-refractivity contribution in [3.05, 3.63) is 71.3 Å². The summed E-state index contributed by atoms with van der Waals surface area (Å²) in [4.78, 5) is 17.1. The molecule has 0 unspecified atom stereocenters. The molecule has 29 heavy (non-hydrogen) atoms. The summed E-state index contributed by atoms with van der Waals surface area (Å²) >= 11 is 0. The Balaban J connectivity index is 1.72. The van der Waals surface area contributed by atoms with Gasteiger partial charge in [-0.3, -0.25) is 9.69 Å². The molecule has 1 heterocycles. The highest BCUT2D eigenvalue weighted by atomic mass is 19.1. The first-order valence-corrected chi connectivity index (χ1v) is 10.3. The van der Waals surface area contributed by atoms with Gasteiger partial charge in [-0.25, -0.2) is 8.78 Å². The van der Waals surface area contributed by atoms with E-state index in [1.54, 1.807) is 0 Å². The van der Waals surface area contributed by atoms with Crippen molar-refractivity contribution in [3.63, 3.8) is 0 Å². The van der Waals surface area contributed by atoms with Crippen LogP contribution in [0.25, 0.3) is 0 Å². The van der Waals surface area contributed by atoms with Gasteiger partial charge in [0.2, 0.25) is 5.91 Å². The van der Waals surface area contributed by atoms with Crippen LogP contribution in [0, 0.1) is 11.6 Å². The minimum absolute atomic E-state index is 0.0118. The maximum Gasteiger partial charge on any atom is 0.239 e. The molecule has 0 aliphatic carbocycles. The van der Waals surface area contributed by atoms with Crippen molar-refractivity contribution in [3.8, 4) is 0 Å². The second-order valence-corrected chi connectivity index (χ2v) is 7.46. The van der Waals surface area contributed by atoms with Gasteiger partial charge in [0.05, 0.1) is 6.04 Å². The van der Waals surface area contributed by atoms with E-state index in [9.17, 15) is 13.6 Å². The van der Waals surface area contributed by atoms with E-state index in [-0.39, 0.29) is 30.1 Å². The number of rotatable bonds is 8. The van der Waals surface area contributed by atoms with E-state index in [0.29, 0.717) is 32.6 Å². The summed E-state index contributed by atoms with van der Waals surface area (Å²) < 4.78 is 27.9. The fourth-order valence-electron chi connectivity index (χ4n) is 3.99. The van der Waals surface area contributed by atoms with Crippen LogP contribution < -0.4 is 5.32 Å². The van der Waals surface area contributed by atoms with Crippen molar-refractivity contribution in [2.75, 3.05) is 19.6 Å². The Kier molecular flexibility index (Phi) is 7.34. The molecule has 1 N–H and O–H groups in total. The van der Waals surface area contributed by atoms with E-state index in [1.165, 1.54) is 18.2 Å². The lowest BCUT2D eigenvalue weighted by atomic mass is 10.1. The maximum atomic E-state index is 13.9. The number of nitrogens with one attached hydrogen (secondary N) is 1. The zero-order chi connectivity index (χ0) is 20.8. The lowest BCUT2D eigenvalue weighted by Crippen LogP contribution is -2.45. The quantitative estimate of drug-likeness (QED) is 0.735. The zero-order valence-corrected chi connectivity index (χ0v) is 17.1. The van der Waals surface area contributed by atoms with E-state index in [4.69, 9.17) is 0 Å². The van der Waals surface area contributed by atoms with Crippen LogP contribution in [0.1, 0.15) is 31.4 Å². The smallest absolute Gasteiger partial charge is 0.239 e. The summed E-state index contributed by atoms with van der Waals surface area (Å²) in [5, 5.41) is 3.26. The lowest BCUT2D eigenvalue weighted by Gasteiger charge is -2.28. The number of likely N-dealkylation sites (tertiary alicyclic amines) is 1. The summed E-state index contributed by atoms with van der Waals surface area (Å²) in [5.41, 5.74) is 1.19. The van der Waals surface area contributed by atoms with Crippen molar-refractivity contribution in [1.29, 1.82) is 0 Å². The molecule has 3 rings (SSSR count). The van der Waals surface area contributed by atoms with Gasteiger partial charge < -0.3 is 10.2 Å². The average Bonchev–Trinajstić information content (AvgIpc) is 3.12. The molecule has 2 aromatic rings. The summed E-state index contributed by atoms with van der Waals surface area (Å²) in [6.07, 6.45) is 0.623. The maximum absolute atomic E-state index is 13.9. The molecule has 0 bridgehead atoms. The number of hydrogen-bond acceptors (Lipinski definition) is 3. The van der Waals surface area contributed by atoms with E-state index < -0.39 is 11.6 Å². The molecular formula is C23H29F2N3O. The van der Waals surface area contributed by atoms with Gasteiger partial charge in [0.1, 0.15) is 11.6 Å². The first kappa shape index (κ1) is 21.4. The van der Waals surface area contributed by atoms with Crippen molar-refractivity contribution in [2.24, 2.45) is 0 Å². The Labute approximate surface area is 171 Å². The average molecular weight is 402 g/mol. The molecule has 1 aliphatic heterocycles. The summed E-state index contributed by atoms with van der Waals surface area (Å²) in [6.45, 7) is 6.73. The van der Waals surface area contributed by atoms with E-state index in [2.05, 4.69) is 22.3 Å². The summed E-state index contributed by atoms with van der Waals surface area (Å²) in [5.74, 6) is -0.980. The van der Waals surface area contributed by atoms with Crippen molar-refractivity contribution >= 4 is 5.91 Å². The van der Waals surface area contributed by atoms with Crippen LogP contribution in [0.4, 0.5) is 8.78 Å². The summed E-state index contributed by atoms with van der Waals surface area (Å²) in [6, 6.07) is 13.7. The topological polar surface area (TPSA) is 35.6 Å². The molecule has 6 heteroatoms. The summed E-state index contributed by atoms with van der Waals surface area (Å²) in [7, 11) is 0. The van der Waals surface area contributed by atoms with Crippen LogP contribution in [0.3, 0.4) is 0 Å². The molecule has 1 saturated heterocycles.